The Morgan fingerprint density at radius 3 is 2.58 bits per heavy atom. The molecule has 7 nitrogen and oxygen atoms in total. The van der Waals surface area contributed by atoms with Crippen molar-refractivity contribution in [2.75, 3.05) is 7.05 Å². The van der Waals surface area contributed by atoms with E-state index in [1.807, 2.05) is 22.6 Å². The highest BCUT2D eigenvalue weighted by Crippen LogP contribution is 2.19. The van der Waals surface area contributed by atoms with Gasteiger partial charge >= 0.3 is 0 Å². The fraction of sp³-hybridized carbons (Fsp3) is 0.273. The molecule has 0 saturated heterocycles. The van der Waals surface area contributed by atoms with Gasteiger partial charge in [0.25, 0.3) is 11.6 Å². The highest BCUT2D eigenvalue weighted by Gasteiger charge is 2.19. The lowest BCUT2D eigenvalue weighted by Crippen LogP contribution is -2.43. The van der Waals surface area contributed by atoms with Crippen LogP contribution in [0.1, 0.15) is 17.3 Å². The number of carbonyl (C=O) groups is 2. The number of hydrogen-bond acceptors (Lipinski definition) is 4. The van der Waals surface area contributed by atoms with Crippen LogP contribution in [-0.4, -0.2) is 29.8 Å². The molecule has 0 aliphatic heterocycles. The molecule has 1 aromatic rings. The van der Waals surface area contributed by atoms with Crippen LogP contribution in [0.2, 0.25) is 0 Å². The van der Waals surface area contributed by atoms with Gasteiger partial charge in [0, 0.05) is 22.8 Å². The second kappa shape index (κ2) is 6.45. The zero-order valence-electron chi connectivity index (χ0n) is 10.3. The maximum atomic E-state index is 12.0. The van der Waals surface area contributed by atoms with E-state index in [-0.39, 0.29) is 17.2 Å². The average molecular weight is 377 g/mol. The highest BCUT2D eigenvalue weighted by molar-refractivity contribution is 14.1. The topological polar surface area (TPSA) is 101 Å². The molecule has 1 unspecified atom stereocenters. The number of benzene rings is 1. The zero-order valence-corrected chi connectivity index (χ0v) is 12.4. The van der Waals surface area contributed by atoms with Crippen molar-refractivity contribution >= 4 is 40.1 Å². The molecule has 19 heavy (non-hydrogen) atoms. The summed E-state index contributed by atoms with van der Waals surface area (Å²) in [5.41, 5.74) is 0.00344. The Morgan fingerprint density at radius 2 is 2.05 bits per heavy atom. The van der Waals surface area contributed by atoms with Gasteiger partial charge in [0.1, 0.15) is 6.04 Å². The van der Waals surface area contributed by atoms with Crippen molar-refractivity contribution in [3.63, 3.8) is 0 Å². The third kappa shape index (κ3) is 3.88. The molecule has 1 atom stereocenters. The Balaban J connectivity index is 2.96. The standard InChI is InChI=1S/C11H12IN3O4/c1-6(10(16)13-2)14-11(17)8-5-7(15(18)19)3-4-9(8)12/h3-6H,1-2H3,(H,13,16)(H,14,17). The number of amides is 2. The molecule has 0 heterocycles. The lowest BCUT2D eigenvalue weighted by atomic mass is 10.1. The van der Waals surface area contributed by atoms with Gasteiger partial charge in [0.2, 0.25) is 5.91 Å². The van der Waals surface area contributed by atoms with Crippen molar-refractivity contribution in [3.8, 4) is 0 Å². The third-order valence-electron chi connectivity index (χ3n) is 2.39. The molecule has 0 aliphatic carbocycles. The van der Waals surface area contributed by atoms with Crippen LogP contribution >= 0.6 is 22.6 Å². The molecule has 0 bridgehead atoms. The van der Waals surface area contributed by atoms with Gasteiger partial charge in [0.05, 0.1) is 10.5 Å². The normalized spacial score (nSPS) is 11.5. The van der Waals surface area contributed by atoms with E-state index >= 15 is 0 Å². The van der Waals surface area contributed by atoms with Crippen LogP contribution in [0, 0.1) is 13.7 Å². The fourth-order valence-electron chi connectivity index (χ4n) is 1.36. The Labute approximate surface area is 123 Å². The molecule has 0 fully saturated rings. The first-order chi connectivity index (χ1) is 8.86. The molecule has 8 heteroatoms. The first-order valence-electron chi connectivity index (χ1n) is 5.33. The lowest BCUT2D eigenvalue weighted by molar-refractivity contribution is -0.384. The minimum atomic E-state index is -0.715. The number of likely N-dealkylation sites (N-methyl/N-ethyl adjacent to an activating group) is 1. The molecule has 2 amide bonds. The van der Waals surface area contributed by atoms with Gasteiger partial charge < -0.3 is 10.6 Å². The summed E-state index contributed by atoms with van der Waals surface area (Å²) in [7, 11) is 1.46. The minimum absolute atomic E-state index is 0.168. The van der Waals surface area contributed by atoms with Crippen LogP contribution in [0.5, 0.6) is 0 Å². The van der Waals surface area contributed by atoms with E-state index in [4.69, 9.17) is 0 Å². The first-order valence-corrected chi connectivity index (χ1v) is 6.41. The van der Waals surface area contributed by atoms with Crippen LogP contribution in [0.3, 0.4) is 0 Å². The average Bonchev–Trinajstić information content (AvgIpc) is 2.37. The third-order valence-corrected chi connectivity index (χ3v) is 3.33. The van der Waals surface area contributed by atoms with E-state index in [1.54, 1.807) is 0 Å². The maximum Gasteiger partial charge on any atom is 0.270 e. The molecule has 1 rings (SSSR count). The van der Waals surface area contributed by atoms with Gasteiger partial charge in [-0.3, -0.25) is 19.7 Å². The number of nitrogens with one attached hydrogen (secondary N) is 2. The predicted octanol–water partition coefficient (Wildman–Crippen LogP) is 1.06. The summed E-state index contributed by atoms with van der Waals surface area (Å²) in [4.78, 5) is 33.4. The maximum absolute atomic E-state index is 12.0. The summed E-state index contributed by atoms with van der Waals surface area (Å²) in [6.07, 6.45) is 0. The van der Waals surface area contributed by atoms with E-state index in [1.165, 1.54) is 32.2 Å². The Morgan fingerprint density at radius 1 is 1.42 bits per heavy atom. The van der Waals surface area contributed by atoms with Crippen molar-refractivity contribution in [2.45, 2.75) is 13.0 Å². The van der Waals surface area contributed by atoms with Gasteiger partial charge in [-0.05, 0) is 35.6 Å². The van der Waals surface area contributed by atoms with Crippen LogP contribution in [-0.2, 0) is 4.79 Å². The van der Waals surface area contributed by atoms with Crippen LogP contribution in [0.4, 0.5) is 5.69 Å². The van der Waals surface area contributed by atoms with Crippen molar-refractivity contribution in [3.05, 3.63) is 37.4 Å². The van der Waals surface area contributed by atoms with E-state index < -0.39 is 16.9 Å². The van der Waals surface area contributed by atoms with Crippen LogP contribution < -0.4 is 10.6 Å². The SMILES string of the molecule is CNC(=O)C(C)NC(=O)c1cc([N+](=O)[O-])ccc1I. The molecule has 0 aromatic heterocycles. The molecule has 0 spiro atoms. The minimum Gasteiger partial charge on any atom is -0.357 e. The number of carbonyl (C=O) groups excluding carboxylic acids is 2. The Bertz CT molecular complexity index is 533. The number of nitro benzene ring substituents is 1. The quantitative estimate of drug-likeness (QED) is 0.466. The summed E-state index contributed by atoms with van der Waals surface area (Å²) in [6, 6.07) is 3.28. The molecule has 0 aliphatic rings. The van der Waals surface area contributed by atoms with E-state index in [0.29, 0.717) is 3.57 Å². The number of rotatable bonds is 4. The fourth-order valence-corrected chi connectivity index (χ4v) is 1.94. The van der Waals surface area contributed by atoms with Gasteiger partial charge in [-0.1, -0.05) is 0 Å². The largest absolute Gasteiger partial charge is 0.357 e. The van der Waals surface area contributed by atoms with E-state index in [2.05, 4.69) is 10.6 Å². The Kier molecular flexibility index (Phi) is 5.21. The number of nitrogens with zero attached hydrogens (tertiary/aromatic N) is 1. The van der Waals surface area contributed by atoms with Crippen molar-refractivity contribution in [1.29, 1.82) is 0 Å². The smallest absolute Gasteiger partial charge is 0.270 e. The summed E-state index contributed by atoms with van der Waals surface area (Å²) >= 11 is 1.91. The number of hydrogen-bond donors (Lipinski definition) is 2. The molecule has 1 aromatic carbocycles. The number of non-ortho nitro benzene ring substituents is 1. The Hall–Kier alpha value is -1.71. The predicted molar refractivity (Wildman–Crippen MR) is 76.8 cm³/mol. The van der Waals surface area contributed by atoms with Crippen LogP contribution in [0.25, 0.3) is 0 Å². The van der Waals surface area contributed by atoms with E-state index in [9.17, 15) is 19.7 Å². The summed E-state index contributed by atoms with van der Waals surface area (Å²) in [5.74, 6) is -0.863. The molecule has 102 valence electrons. The monoisotopic (exact) mass is 377 g/mol. The molecule has 2 N–H and O–H groups in total. The molecular formula is C11H12IN3O4. The van der Waals surface area contributed by atoms with Crippen molar-refractivity contribution in [2.24, 2.45) is 0 Å². The molecular weight excluding hydrogens is 365 g/mol. The zero-order chi connectivity index (χ0) is 14.6. The molecule has 0 radical (unpaired) electrons. The van der Waals surface area contributed by atoms with E-state index in [0.717, 1.165) is 0 Å². The van der Waals surface area contributed by atoms with Gasteiger partial charge in [-0.2, -0.15) is 0 Å². The highest BCUT2D eigenvalue weighted by atomic mass is 127. The van der Waals surface area contributed by atoms with Crippen molar-refractivity contribution in [1.82, 2.24) is 10.6 Å². The second-order valence-corrected chi connectivity index (χ2v) is 4.89. The van der Waals surface area contributed by atoms with Gasteiger partial charge in [0.15, 0.2) is 0 Å². The van der Waals surface area contributed by atoms with Gasteiger partial charge in [-0.25, -0.2) is 0 Å². The summed E-state index contributed by atoms with van der Waals surface area (Å²) < 4.78 is 0.574. The number of halogens is 1. The van der Waals surface area contributed by atoms with Crippen molar-refractivity contribution < 1.29 is 14.5 Å². The number of nitro groups is 1. The van der Waals surface area contributed by atoms with Crippen LogP contribution in [0.15, 0.2) is 18.2 Å². The first kappa shape index (κ1) is 15.3. The lowest BCUT2D eigenvalue weighted by Gasteiger charge is -2.12. The second-order valence-electron chi connectivity index (χ2n) is 3.73. The summed E-state index contributed by atoms with van der Waals surface area (Å²) in [5, 5.41) is 15.5. The molecule has 0 saturated carbocycles. The van der Waals surface area contributed by atoms with Gasteiger partial charge in [-0.15, -0.1) is 0 Å². The summed E-state index contributed by atoms with van der Waals surface area (Å²) in [6.45, 7) is 1.53.